The van der Waals surface area contributed by atoms with Crippen LogP contribution in [-0.4, -0.2) is 68.2 Å². The molecule has 35 heavy (non-hydrogen) atoms. The molecule has 0 radical (unpaired) electrons. The van der Waals surface area contributed by atoms with Crippen LogP contribution in [0.3, 0.4) is 0 Å². The Morgan fingerprint density at radius 2 is 1.89 bits per heavy atom. The van der Waals surface area contributed by atoms with Gasteiger partial charge < -0.3 is 24.7 Å². The van der Waals surface area contributed by atoms with Crippen molar-refractivity contribution in [2.45, 2.75) is 6.42 Å². The van der Waals surface area contributed by atoms with Crippen molar-refractivity contribution in [2.75, 3.05) is 63.9 Å². The lowest BCUT2D eigenvalue weighted by molar-refractivity contribution is 0.0384. The maximum atomic E-state index is 12.7. The van der Waals surface area contributed by atoms with Crippen molar-refractivity contribution in [2.24, 2.45) is 0 Å². The molecule has 0 aliphatic carbocycles. The summed E-state index contributed by atoms with van der Waals surface area (Å²) in [5.74, 6) is 1.50. The van der Waals surface area contributed by atoms with E-state index in [1.807, 2.05) is 36.4 Å². The van der Waals surface area contributed by atoms with E-state index in [-0.39, 0.29) is 0 Å². The van der Waals surface area contributed by atoms with E-state index >= 15 is 0 Å². The lowest BCUT2D eigenvalue weighted by Crippen LogP contribution is -2.37. The molecule has 1 saturated heterocycles. The first-order chi connectivity index (χ1) is 16.8. The average Bonchev–Trinajstić information content (AvgIpc) is 2.85. The standard InChI is InChI=1S/C25H31ClN5O3P/c1-33-22-16-18(10-11-31-12-14-34-15-13-31)8-9-20(22)29-25-27-17-19(26)24(30-25)28-21-6-4-5-7-23(21)35(2,3)32/h4-9,16-17H,10-15H2,1-3H3,(H2,27,28,29,30). The van der Waals surface area contributed by atoms with E-state index in [2.05, 4.69) is 31.6 Å². The molecular formula is C25H31ClN5O3P. The summed E-state index contributed by atoms with van der Waals surface area (Å²) < 4.78 is 23.8. The highest BCUT2D eigenvalue weighted by molar-refractivity contribution is 7.70. The summed E-state index contributed by atoms with van der Waals surface area (Å²) >= 11 is 6.37. The van der Waals surface area contributed by atoms with Gasteiger partial charge in [-0.1, -0.05) is 29.8 Å². The van der Waals surface area contributed by atoms with Gasteiger partial charge in [0.25, 0.3) is 0 Å². The van der Waals surface area contributed by atoms with E-state index < -0.39 is 7.14 Å². The molecule has 2 N–H and O–H groups in total. The van der Waals surface area contributed by atoms with Crippen molar-refractivity contribution in [3.8, 4) is 5.75 Å². The molecule has 3 aromatic rings. The second-order valence-corrected chi connectivity index (χ2v) is 12.3. The molecule has 0 spiro atoms. The van der Waals surface area contributed by atoms with Crippen LogP contribution in [0.2, 0.25) is 5.02 Å². The fourth-order valence-corrected chi connectivity index (χ4v) is 5.21. The smallest absolute Gasteiger partial charge is 0.229 e. The predicted molar refractivity (Wildman–Crippen MR) is 143 cm³/mol. The molecule has 2 heterocycles. The maximum absolute atomic E-state index is 12.7. The highest BCUT2D eigenvalue weighted by Crippen LogP contribution is 2.38. The number of hydrogen-bond acceptors (Lipinski definition) is 8. The predicted octanol–water partition coefficient (Wildman–Crippen LogP) is 4.75. The Labute approximate surface area is 211 Å². The van der Waals surface area contributed by atoms with Crippen LogP contribution in [0.25, 0.3) is 0 Å². The number of anilines is 4. The molecule has 4 rings (SSSR count). The Balaban J connectivity index is 1.50. The second kappa shape index (κ2) is 11.4. The van der Waals surface area contributed by atoms with Crippen molar-refractivity contribution in [1.82, 2.24) is 14.9 Å². The number of nitrogens with zero attached hydrogens (tertiary/aromatic N) is 3. The van der Waals surface area contributed by atoms with Gasteiger partial charge in [0.15, 0.2) is 5.82 Å². The van der Waals surface area contributed by atoms with Gasteiger partial charge in [-0.2, -0.15) is 4.98 Å². The number of benzene rings is 2. The Kier molecular flexibility index (Phi) is 8.29. The normalized spacial score (nSPS) is 14.5. The molecule has 1 aliphatic heterocycles. The fourth-order valence-electron chi connectivity index (χ4n) is 3.92. The van der Waals surface area contributed by atoms with Gasteiger partial charge in [0.05, 0.1) is 37.9 Å². The number of nitrogens with one attached hydrogen (secondary N) is 2. The number of hydrogen-bond donors (Lipinski definition) is 2. The minimum Gasteiger partial charge on any atom is -0.495 e. The van der Waals surface area contributed by atoms with Gasteiger partial charge in [-0.25, -0.2) is 4.98 Å². The zero-order valence-electron chi connectivity index (χ0n) is 20.3. The van der Waals surface area contributed by atoms with E-state index in [4.69, 9.17) is 21.1 Å². The number of methoxy groups -OCH3 is 1. The van der Waals surface area contributed by atoms with Crippen molar-refractivity contribution >= 4 is 47.2 Å². The van der Waals surface area contributed by atoms with E-state index in [9.17, 15) is 4.57 Å². The van der Waals surface area contributed by atoms with Gasteiger partial charge in [-0.15, -0.1) is 0 Å². The lowest BCUT2D eigenvalue weighted by atomic mass is 10.1. The van der Waals surface area contributed by atoms with Crippen LogP contribution in [0.5, 0.6) is 5.75 Å². The lowest BCUT2D eigenvalue weighted by Gasteiger charge is -2.26. The molecule has 0 saturated carbocycles. The van der Waals surface area contributed by atoms with Crippen LogP contribution in [0.1, 0.15) is 5.56 Å². The third-order valence-electron chi connectivity index (χ3n) is 5.81. The molecule has 0 unspecified atom stereocenters. The number of para-hydroxylation sites is 1. The Hall–Kier alpha value is -2.64. The van der Waals surface area contributed by atoms with Crippen LogP contribution in [0, 0.1) is 0 Å². The average molecular weight is 516 g/mol. The molecule has 1 fully saturated rings. The Morgan fingerprint density at radius 1 is 1.11 bits per heavy atom. The monoisotopic (exact) mass is 515 g/mol. The van der Waals surface area contributed by atoms with Gasteiger partial charge in [0, 0.05) is 24.9 Å². The molecular weight excluding hydrogens is 485 g/mol. The molecule has 1 aromatic heterocycles. The quantitative estimate of drug-likeness (QED) is 0.395. The van der Waals surface area contributed by atoms with Gasteiger partial charge in [-0.05, 0) is 49.6 Å². The molecule has 186 valence electrons. The number of halogens is 1. The minimum absolute atomic E-state index is 0.359. The number of aromatic nitrogens is 2. The summed E-state index contributed by atoms with van der Waals surface area (Å²) in [6.07, 6.45) is 2.46. The van der Waals surface area contributed by atoms with Gasteiger partial charge in [-0.3, -0.25) is 4.90 Å². The fraction of sp³-hybridized carbons (Fsp3) is 0.360. The van der Waals surface area contributed by atoms with Gasteiger partial charge in [0.1, 0.15) is 17.9 Å². The van der Waals surface area contributed by atoms with E-state index in [0.717, 1.165) is 50.3 Å². The van der Waals surface area contributed by atoms with Crippen LogP contribution < -0.4 is 20.7 Å². The summed E-state index contributed by atoms with van der Waals surface area (Å²) in [5, 5.41) is 7.54. The Bertz CT molecular complexity index is 1210. The van der Waals surface area contributed by atoms with Crippen molar-refractivity contribution < 1.29 is 14.0 Å². The first-order valence-corrected chi connectivity index (χ1v) is 14.5. The number of ether oxygens (including phenoxy) is 2. The summed E-state index contributed by atoms with van der Waals surface area (Å²) in [7, 11) is -0.850. The molecule has 2 aromatic carbocycles. The largest absolute Gasteiger partial charge is 0.495 e. The van der Waals surface area contributed by atoms with E-state index in [1.54, 1.807) is 20.4 Å². The topological polar surface area (TPSA) is 88.6 Å². The van der Waals surface area contributed by atoms with E-state index in [1.165, 1.54) is 11.8 Å². The summed E-state index contributed by atoms with van der Waals surface area (Å²) in [6, 6.07) is 13.5. The molecule has 1 aliphatic rings. The molecule has 10 heteroatoms. The first-order valence-electron chi connectivity index (χ1n) is 11.5. The van der Waals surface area contributed by atoms with Crippen molar-refractivity contribution in [1.29, 1.82) is 0 Å². The van der Waals surface area contributed by atoms with Crippen LogP contribution >= 0.6 is 18.7 Å². The third kappa shape index (κ3) is 6.73. The van der Waals surface area contributed by atoms with Crippen LogP contribution in [-0.2, 0) is 15.7 Å². The highest BCUT2D eigenvalue weighted by Gasteiger charge is 2.17. The minimum atomic E-state index is -2.50. The molecule has 0 amide bonds. The van der Waals surface area contributed by atoms with E-state index in [0.29, 0.717) is 28.2 Å². The summed E-state index contributed by atoms with van der Waals surface area (Å²) in [6.45, 7) is 7.99. The Morgan fingerprint density at radius 3 is 2.63 bits per heavy atom. The van der Waals surface area contributed by atoms with Gasteiger partial charge in [0.2, 0.25) is 5.95 Å². The number of rotatable bonds is 9. The molecule has 8 nitrogen and oxygen atoms in total. The number of morpholine rings is 1. The maximum Gasteiger partial charge on any atom is 0.229 e. The summed E-state index contributed by atoms with van der Waals surface area (Å²) in [4.78, 5) is 11.3. The second-order valence-electron chi connectivity index (χ2n) is 8.75. The highest BCUT2D eigenvalue weighted by atomic mass is 35.5. The van der Waals surface area contributed by atoms with Crippen molar-refractivity contribution in [3.63, 3.8) is 0 Å². The molecule has 0 atom stereocenters. The van der Waals surface area contributed by atoms with Crippen LogP contribution in [0.15, 0.2) is 48.7 Å². The van der Waals surface area contributed by atoms with Crippen molar-refractivity contribution in [3.05, 3.63) is 59.2 Å². The molecule has 0 bridgehead atoms. The first kappa shape index (κ1) is 25.5. The SMILES string of the molecule is COc1cc(CCN2CCOCC2)ccc1Nc1ncc(Cl)c(Nc2ccccc2P(C)(C)=O)n1. The third-order valence-corrected chi connectivity index (χ3v) is 7.64. The van der Waals surface area contributed by atoms with Crippen LogP contribution in [0.4, 0.5) is 23.1 Å². The zero-order chi connectivity index (χ0) is 24.8. The zero-order valence-corrected chi connectivity index (χ0v) is 21.9. The van der Waals surface area contributed by atoms with Gasteiger partial charge >= 0.3 is 0 Å². The summed E-state index contributed by atoms with van der Waals surface area (Å²) in [5.41, 5.74) is 2.65.